The van der Waals surface area contributed by atoms with Crippen LogP contribution >= 0.6 is 0 Å². The lowest BCUT2D eigenvalue weighted by Crippen LogP contribution is -2.49. The van der Waals surface area contributed by atoms with Gasteiger partial charge in [0.15, 0.2) is 5.79 Å². The van der Waals surface area contributed by atoms with Crippen LogP contribution in [0.4, 0.5) is 4.79 Å². The lowest BCUT2D eigenvalue weighted by Gasteiger charge is -2.40. The van der Waals surface area contributed by atoms with Crippen LogP contribution in [0.2, 0.25) is 0 Å². The van der Waals surface area contributed by atoms with Gasteiger partial charge in [-0.1, -0.05) is 37.3 Å². The molecule has 1 aromatic rings. The maximum Gasteiger partial charge on any atom is 0.416 e. The van der Waals surface area contributed by atoms with Crippen molar-refractivity contribution in [2.45, 2.75) is 44.4 Å². The Bertz CT molecular complexity index is 670. The minimum Gasteiger partial charge on any atom is -0.447 e. The molecule has 1 spiro atoms. The van der Waals surface area contributed by atoms with Crippen LogP contribution in [0.5, 0.6) is 0 Å². The van der Waals surface area contributed by atoms with Gasteiger partial charge in [0.25, 0.3) is 0 Å². The molecule has 1 saturated carbocycles. The maximum absolute atomic E-state index is 13.2. The molecular weight excluding hydrogens is 334 g/mol. The number of rotatable bonds is 3. The molecular formula is C20H25NO5. The van der Waals surface area contributed by atoms with Crippen LogP contribution < -0.4 is 0 Å². The fraction of sp³-hybridized carbons (Fsp3) is 0.600. The second kappa shape index (κ2) is 7.00. The number of ether oxygens (including phenoxy) is 3. The zero-order valence-electron chi connectivity index (χ0n) is 15.1. The highest BCUT2D eigenvalue weighted by Crippen LogP contribution is 2.42. The van der Waals surface area contributed by atoms with Gasteiger partial charge in [0.2, 0.25) is 5.91 Å². The standard InChI is InChI=1S/C20H25NO5/c1-14-12-20(25-9-10-26-20)8-7-17(14)18(22)21-16(13-24-19(21)23)11-15-5-3-2-4-6-15/h2-6,14,16-17H,7-13H2,1H3/t14-,16?,17-/m1/s1. The van der Waals surface area contributed by atoms with Gasteiger partial charge in [-0.05, 0) is 24.3 Å². The van der Waals surface area contributed by atoms with E-state index in [9.17, 15) is 9.59 Å². The third-order valence-corrected chi connectivity index (χ3v) is 5.80. The topological polar surface area (TPSA) is 65.1 Å². The number of hydrogen-bond donors (Lipinski definition) is 0. The number of amides is 2. The lowest BCUT2D eigenvalue weighted by atomic mass is 9.76. The van der Waals surface area contributed by atoms with E-state index in [1.165, 1.54) is 4.90 Å². The van der Waals surface area contributed by atoms with Gasteiger partial charge < -0.3 is 14.2 Å². The first-order valence-electron chi connectivity index (χ1n) is 9.40. The van der Waals surface area contributed by atoms with Crippen molar-refractivity contribution in [2.75, 3.05) is 19.8 Å². The number of benzene rings is 1. The molecule has 0 N–H and O–H groups in total. The van der Waals surface area contributed by atoms with Gasteiger partial charge in [-0.25, -0.2) is 9.69 Å². The fourth-order valence-corrected chi connectivity index (χ4v) is 4.47. The summed E-state index contributed by atoms with van der Waals surface area (Å²) in [6.45, 7) is 3.53. The van der Waals surface area contributed by atoms with E-state index in [1.807, 2.05) is 37.3 Å². The van der Waals surface area contributed by atoms with Crippen molar-refractivity contribution in [2.24, 2.45) is 11.8 Å². The van der Waals surface area contributed by atoms with E-state index in [0.29, 0.717) is 38.9 Å². The first kappa shape index (κ1) is 17.5. The second-order valence-electron chi connectivity index (χ2n) is 7.56. The highest BCUT2D eigenvalue weighted by molar-refractivity contribution is 5.95. The molecule has 2 amide bonds. The monoisotopic (exact) mass is 359 g/mol. The van der Waals surface area contributed by atoms with Gasteiger partial charge in [-0.3, -0.25) is 4.79 Å². The molecule has 0 bridgehead atoms. The normalized spacial score (nSPS) is 30.6. The van der Waals surface area contributed by atoms with Crippen LogP contribution in [0.1, 0.15) is 31.7 Å². The summed E-state index contributed by atoms with van der Waals surface area (Å²) in [5, 5.41) is 0. The Hall–Kier alpha value is -1.92. The van der Waals surface area contributed by atoms with Gasteiger partial charge in [0, 0.05) is 18.8 Å². The molecule has 0 aromatic heterocycles. The van der Waals surface area contributed by atoms with Gasteiger partial charge >= 0.3 is 6.09 Å². The molecule has 1 aliphatic carbocycles. The predicted octanol–water partition coefficient (Wildman–Crippen LogP) is 2.76. The number of cyclic esters (lactones) is 1. The summed E-state index contributed by atoms with van der Waals surface area (Å²) in [4.78, 5) is 26.8. The highest BCUT2D eigenvalue weighted by atomic mass is 16.7. The van der Waals surface area contributed by atoms with E-state index in [-0.39, 0.29) is 30.4 Å². The highest BCUT2D eigenvalue weighted by Gasteiger charge is 2.49. The van der Waals surface area contributed by atoms with Crippen molar-refractivity contribution in [3.63, 3.8) is 0 Å². The fourth-order valence-electron chi connectivity index (χ4n) is 4.47. The van der Waals surface area contributed by atoms with Crippen LogP contribution in [0.15, 0.2) is 30.3 Å². The van der Waals surface area contributed by atoms with Gasteiger partial charge in [0.05, 0.1) is 19.3 Å². The van der Waals surface area contributed by atoms with Crippen LogP contribution in [0.3, 0.4) is 0 Å². The average molecular weight is 359 g/mol. The Balaban J connectivity index is 1.46. The van der Waals surface area contributed by atoms with Crippen LogP contribution in [0.25, 0.3) is 0 Å². The molecule has 2 saturated heterocycles. The Morgan fingerprint density at radius 1 is 1.23 bits per heavy atom. The first-order valence-corrected chi connectivity index (χ1v) is 9.40. The van der Waals surface area contributed by atoms with E-state index < -0.39 is 11.9 Å². The third kappa shape index (κ3) is 3.23. The van der Waals surface area contributed by atoms with Crippen LogP contribution in [0, 0.1) is 11.8 Å². The van der Waals surface area contributed by atoms with Crippen molar-refractivity contribution in [1.82, 2.24) is 4.90 Å². The van der Waals surface area contributed by atoms with E-state index in [2.05, 4.69) is 0 Å². The number of nitrogens with zero attached hydrogens (tertiary/aromatic N) is 1. The molecule has 140 valence electrons. The summed E-state index contributed by atoms with van der Waals surface area (Å²) in [7, 11) is 0. The molecule has 6 heteroatoms. The summed E-state index contributed by atoms with van der Waals surface area (Å²) in [5.74, 6) is -0.739. The number of hydrogen-bond acceptors (Lipinski definition) is 5. The second-order valence-corrected chi connectivity index (χ2v) is 7.56. The first-order chi connectivity index (χ1) is 12.6. The lowest BCUT2D eigenvalue weighted by molar-refractivity contribution is -0.195. The van der Waals surface area contributed by atoms with Crippen molar-refractivity contribution >= 4 is 12.0 Å². The zero-order valence-corrected chi connectivity index (χ0v) is 15.1. The van der Waals surface area contributed by atoms with E-state index in [1.54, 1.807) is 0 Å². The molecule has 1 aromatic carbocycles. The summed E-state index contributed by atoms with van der Waals surface area (Å²) in [5.41, 5.74) is 1.09. The average Bonchev–Trinajstić information content (AvgIpc) is 3.22. The Morgan fingerprint density at radius 2 is 1.96 bits per heavy atom. The van der Waals surface area contributed by atoms with Crippen molar-refractivity contribution < 1.29 is 23.8 Å². The molecule has 3 atom stereocenters. The smallest absolute Gasteiger partial charge is 0.416 e. The van der Waals surface area contributed by atoms with E-state index in [4.69, 9.17) is 14.2 Å². The van der Waals surface area contributed by atoms with Gasteiger partial charge in [-0.15, -0.1) is 0 Å². The minimum absolute atomic E-state index is 0.0973. The number of carbonyl (C=O) groups is 2. The number of imide groups is 1. The molecule has 3 aliphatic rings. The molecule has 0 radical (unpaired) electrons. The molecule has 4 rings (SSSR count). The molecule has 3 fully saturated rings. The van der Waals surface area contributed by atoms with Crippen molar-refractivity contribution in [3.8, 4) is 0 Å². The van der Waals surface area contributed by atoms with Crippen LogP contribution in [-0.2, 0) is 25.4 Å². The zero-order chi connectivity index (χ0) is 18.1. The SMILES string of the molecule is C[C@@H]1CC2(CC[C@H]1C(=O)N1C(=O)OCC1Cc1ccccc1)OCCO2. The number of carbonyl (C=O) groups excluding carboxylic acids is 2. The minimum atomic E-state index is -0.523. The summed E-state index contributed by atoms with van der Waals surface area (Å²) in [6.07, 6.45) is 2.16. The molecule has 2 aliphatic heterocycles. The van der Waals surface area contributed by atoms with E-state index in [0.717, 1.165) is 5.56 Å². The summed E-state index contributed by atoms with van der Waals surface area (Å²) in [6, 6.07) is 9.65. The van der Waals surface area contributed by atoms with Gasteiger partial charge in [-0.2, -0.15) is 0 Å². The quantitative estimate of drug-likeness (QED) is 0.830. The van der Waals surface area contributed by atoms with Crippen molar-refractivity contribution in [1.29, 1.82) is 0 Å². The van der Waals surface area contributed by atoms with Gasteiger partial charge in [0.1, 0.15) is 6.61 Å². The predicted molar refractivity (Wildman–Crippen MR) is 93.3 cm³/mol. The molecule has 1 unspecified atom stereocenters. The Morgan fingerprint density at radius 3 is 2.65 bits per heavy atom. The molecule has 2 heterocycles. The van der Waals surface area contributed by atoms with Crippen molar-refractivity contribution in [3.05, 3.63) is 35.9 Å². The largest absolute Gasteiger partial charge is 0.447 e. The summed E-state index contributed by atoms with van der Waals surface area (Å²) >= 11 is 0. The Labute approximate surface area is 153 Å². The van der Waals surface area contributed by atoms with Crippen LogP contribution in [-0.4, -0.2) is 48.5 Å². The Kier molecular flexibility index (Phi) is 4.71. The van der Waals surface area contributed by atoms with E-state index >= 15 is 0 Å². The maximum atomic E-state index is 13.2. The summed E-state index contributed by atoms with van der Waals surface area (Å²) < 4.78 is 16.8. The third-order valence-electron chi connectivity index (χ3n) is 5.80. The molecule has 26 heavy (non-hydrogen) atoms. The molecule has 6 nitrogen and oxygen atoms in total.